The van der Waals surface area contributed by atoms with Crippen molar-refractivity contribution < 1.29 is 4.79 Å². The fraction of sp³-hybridized carbons (Fsp3) is 0.278. The van der Waals surface area contributed by atoms with Crippen molar-refractivity contribution in [3.05, 3.63) is 54.5 Å². The molecule has 0 radical (unpaired) electrons. The molecule has 0 saturated carbocycles. The standard InChI is InChI=1S/C18H21N5O/c1-14-11-17(21-22(14)2)20-18(24)9-6-10-23-13-16(12-19-23)15-7-4-3-5-8-15/h3-5,7-8,11-13H,6,9-10H2,1-2H3,(H,20,21,24). The SMILES string of the molecule is Cc1cc(NC(=O)CCCn2cc(-c3ccccc3)cn2)nn1C. The van der Waals surface area contributed by atoms with Gasteiger partial charge in [-0.05, 0) is 18.9 Å². The number of benzene rings is 1. The predicted molar refractivity (Wildman–Crippen MR) is 93.5 cm³/mol. The molecule has 0 aliphatic heterocycles. The second-order valence-electron chi connectivity index (χ2n) is 5.80. The van der Waals surface area contributed by atoms with E-state index in [1.165, 1.54) is 0 Å². The second kappa shape index (κ2) is 7.12. The summed E-state index contributed by atoms with van der Waals surface area (Å²) < 4.78 is 3.62. The quantitative estimate of drug-likeness (QED) is 0.758. The summed E-state index contributed by atoms with van der Waals surface area (Å²) in [5, 5.41) is 11.4. The number of anilines is 1. The van der Waals surface area contributed by atoms with Crippen LogP contribution >= 0.6 is 0 Å². The van der Waals surface area contributed by atoms with Crippen LogP contribution in [-0.2, 0) is 18.4 Å². The first-order valence-electron chi connectivity index (χ1n) is 8.00. The van der Waals surface area contributed by atoms with Gasteiger partial charge in [0.05, 0.1) is 6.20 Å². The summed E-state index contributed by atoms with van der Waals surface area (Å²) in [6, 6.07) is 12.0. The maximum Gasteiger partial charge on any atom is 0.225 e. The largest absolute Gasteiger partial charge is 0.309 e. The van der Waals surface area contributed by atoms with Gasteiger partial charge in [-0.2, -0.15) is 10.2 Å². The minimum absolute atomic E-state index is 0.0245. The molecule has 0 aliphatic carbocycles. The van der Waals surface area contributed by atoms with Gasteiger partial charge in [-0.15, -0.1) is 0 Å². The maximum absolute atomic E-state index is 12.0. The lowest BCUT2D eigenvalue weighted by Gasteiger charge is -2.02. The Hall–Kier alpha value is -2.89. The average Bonchev–Trinajstić information content (AvgIpc) is 3.15. The second-order valence-corrected chi connectivity index (χ2v) is 5.80. The Morgan fingerprint density at radius 1 is 1.21 bits per heavy atom. The number of nitrogens with zero attached hydrogens (tertiary/aromatic N) is 4. The molecule has 1 N–H and O–H groups in total. The number of nitrogens with one attached hydrogen (secondary N) is 1. The van der Waals surface area contributed by atoms with Gasteiger partial charge in [-0.25, -0.2) is 0 Å². The molecular formula is C18H21N5O. The highest BCUT2D eigenvalue weighted by atomic mass is 16.1. The van der Waals surface area contributed by atoms with E-state index in [0.29, 0.717) is 18.8 Å². The van der Waals surface area contributed by atoms with Crippen molar-refractivity contribution in [2.75, 3.05) is 5.32 Å². The fourth-order valence-electron chi connectivity index (χ4n) is 2.49. The first-order chi connectivity index (χ1) is 11.6. The summed E-state index contributed by atoms with van der Waals surface area (Å²) in [5.74, 6) is 0.578. The first kappa shape index (κ1) is 16.0. The number of carbonyl (C=O) groups excluding carboxylic acids is 1. The third-order valence-corrected chi connectivity index (χ3v) is 3.91. The molecule has 3 aromatic rings. The number of aromatic nitrogens is 4. The van der Waals surface area contributed by atoms with Crippen LogP contribution in [-0.4, -0.2) is 25.5 Å². The third kappa shape index (κ3) is 3.90. The number of rotatable bonds is 6. The Labute approximate surface area is 141 Å². The summed E-state index contributed by atoms with van der Waals surface area (Å²) in [4.78, 5) is 12.0. The van der Waals surface area contributed by atoms with Gasteiger partial charge in [0.25, 0.3) is 0 Å². The molecular weight excluding hydrogens is 302 g/mol. The van der Waals surface area contributed by atoms with E-state index in [-0.39, 0.29) is 5.91 Å². The van der Waals surface area contributed by atoms with Crippen LogP contribution < -0.4 is 5.32 Å². The van der Waals surface area contributed by atoms with E-state index in [1.807, 2.05) is 55.3 Å². The van der Waals surface area contributed by atoms with E-state index in [1.54, 1.807) is 4.68 Å². The van der Waals surface area contributed by atoms with Gasteiger partial charge in [0.2, 0.25) is 5.91 Å². The number of hydrogen-bond acceptors (Lipinski definition) is 3. The Morgan fingerprint density at radius 3 is 2.71 bits per heavy atom. The van der Waals surface area contributed by atoms with Gasteiger partial charge in [0.15, 0.2) is 5.82 Å². The number of amides is 1. The topological polar surface area (TPSA) is 64.7 Å². The summed E-state index contributed by atoms with van der Waals surface area (Å²) in [6.45, 7) is 2.66. The molecule has 0 aliphatic rings. The van der Waals surface area contributed by atoms with Crippen molar-refractivity contribution in [2.24, 2.45) is 7.05 Å². The highest BCUT2D eigenvalue weighted by molar-refractivity contribution is 5.89. The molecule has 0 atom stereocenters. The minimum atomic E-state index is -0.0245. The predicted octanol–water partition coefficient (Wildman–Crippen LogP) is 3.01. The zero-order chi connectivity index (χ0) is 16.9. The van der Waals surface area contributed by atoms with Crippen molar-refractivity contribution in [1.82, 2.24) is 19.6 Å². The van der Waals surface area contributed by atoms with Crippen LogP contribution in [0.5, 0.6) is 0 Å². The van der Waals surface area contributed by atoms with Gasteiger partial charge in [0.1, 0.15) is 0 Å². The normalized spacial score (nSPS) is 10.8. The molecule has 0 spiro atoms. The van der Waals surface area contributed by atoms with Crippen LogP contribution in [0.4, 0.5) is 5.82 Å². The number of hydrogen-bond donors (Lipinski definition) is 1. The smallest absolute Gasteiger partial charge is 0.225 e. The summed E-state index contributed by atoms with van der Waals surface area (Å²) in [7, 11) is 1.85. The van der Waals surface area contributed by atoms with Crippen LogP contribution in [0.25, 0.3) is 11.1 Å². The fourth-order valence-corrected chi connectivity index (χ4v) is 2.49. The van der Waals surface area contributed by atoms with Gasteiger partial charge in [-0.1, -0.05) is 30.3 Å². The lowest BCUT2D eigenvalue weighted by molar-refractivity contribution is -0.116. The number of aryl methyl sites for hydroxylation is 3. The molecule has 1 aromatic carbocycles. The van der Waals surface area contributed by atoms with Crippen LogP contribution in [0.1, 0.15) is 18.5 Å². The third-order valence-electron chi connectivity index (χ3n) is 3.91. The molecule has 0 bridgehead atoms. The molecule has 124 valence electrons. The van der Waals surface area contributed by atoms with Crippen molar-refractivity contribution in [3.8, 4) is 11.1 Å². The molecule has 2 heterocycles. The van der Waals surface area contributed by atoms with E-state index in [0.717, 1.165) is 23.2 Å². The Kier molecular flexibility index (Phi) is 4.74. The monoisotopic (exact) mass is 323 g/mol. The van der Waals surface area contributed by atoms with Crippen LogP contribution in [0.2, 0.25) is 0 Å². The van der Waals surface area contributed by atoms with Crippen LogP contribution in [0.3, 0.4) is 0 Å². The highest BCUT2D eigenvalue weighted by Gasteiger charge is 2.07. The molecule has 6 heteroatoms. The zero-order valence-corrected chi connectivity index (χ0v) is 13.9. The van der Waals surface area contributed by atoms with Crippen LogP contribution in [0.15, 0.2) is 48.8 Å². The molecule has 2 aromatic heterocycles. The van der Waals surface area contributed by atoms with Gasteiger partial charge in [-0.3, -0.25) is 14.2 Å². The average molecular weight is 323 g/mol. The van der Waals surface area contributed by atoms with E-state index in [9.17, 15) is 4.79 Å². The molecule has 0 fully saturated rings. The molecule has 6 nitrogen and oxygen atoms in total. The maximum atomic E-state index is 12.0. The lowest BCUT2D eigenvalue weighted by Crippen LogP contribution is -2.13. The van der Waals surface area contributed by atoms with Gasteiger partial charge < -0.3 is 5.32 Å². The molecule has 24 heavy (non-hydrogen) atoms. The first-order valence-corrected chi connectivity index (χ1v) is 8.00. The lowest BCUT2D eigenvalue weighted by atomic mass is 10.1. The molecule has 0 saturated heterocycles. The number of carbonyl (C=O) groups is 1. The van der Waals surface area contributed by atoms with Crippen molar-refractivity contribution in [2.45, 2.75) is 26.3 Å². The molecule has 0 unspecified atom stereocenters. The Balaban J connectivity index is 1.48. The van der Waals surface area contributed by atoms with E-state index < -0.39 is 0 Å². The van der Waals surface area contributed by atoms with E-state index in [2.05, 4.69) is 27.6 Å². The van der Waals surface area contributed by atoms with Crippen molar-refractivity contribution >= 4 is 11.7 Å². The molecule has 1 amide bonds. The van der Waals surface area contributed by atoms with Gasteiger partial charge >= 0.3 is 0 Å². The van der Waals surface area contributed by atoms with E-state index in [4.69, 9.17) is 0 Å². The van der Waals surface area contributed by atoms with Crippen molar-refractivity contribution in [1.29, 1.82) is 0 Å². The van der Waals surface area contributed by atoms with Gasteiger partial charge in [0, 0.05) is 43.5 Å². The van der Waals surface area contributed by atoms with Crippen LogP contribution in [0, 0.1) is 6.92 Å². The molecule has 3 rings (SSSR count). The minimum Gasteiger partial charge on any atom is -0.309 e. The van der Waals surface area contributed by atoms with Crippen molar-refractivity contribution in [3.63, 3.8) is 0 Å². The summed E-state index contributed by atoms with van der Waals surface area (Å²) in [6.07, 6.45) is 5.03. The Morgan fingerprint density at radius 2 is 2.00 bits per heavy atom. The Bertz CT molecular complexity index is 800. The highest BCUT2D eigenvalue weighted by Crippen LogP contribution is 2.17. The summed E-state index contributed by atoms with van der Waals surface area (Å²) >= 11 is 0. The zero-order valence-electron chi connectivity index (χ0n) is 13.9. The summed E-state index contributed by atoms with van der Waals surface area (Å²) in [5.41, 5.74) is 3.24. The van der Waals surface area contributed by atoms with E-state index >= 15 is 0 Å².